The number of nitrogens with zero attached hydrogens (tertiary/aromatic N) is 1. The highest BCUT2D eigenvalue weighted by Gasteiger charge is 2.04. The molecule has 1 aromatic heterocycles. The van der Waals surface area contributed by atoms with Gasteiger partial charge in [0.1, 0.15) is 24.7 Å². The summed E-state index contributed by atoms with van der Waals surface area (Å²) in [7, 11) is 0. The Morgan fingerprint density at radius 2 is 0.794 bits per heavy atom. The maximum Gasteiger partial charge on any atom is 0.119 e. The lowest BCUT2D eigenvalue weighted by atomic mass is 10.1. The molecule has 34 heavy (non-hydrogen) atoms. The van der Waals surface area contributed by atoms with Crippen molar-refractivity contribution in [3.8, 4) is 11.5 Å². The largest absolute Gasteiger partial charge is 0.489 e. The second-order valence-corrected chi connectivity index (χ2v) is 8.29. The lowest BCUT2D eigenvalue weighted by Crippen LogP contribution is -2.01. The van der Waals surface area contributed by atoms with E-state index in [1.165, 1.54) is 0 Å². The molecule has 5 heteroatoms. The number of pyridine rings is 1. The minimum Gasteiger partial charge on any atom is -0.489 e. The van der Waals surface area contributed by atoms with E-state index in [4.69, 9.17) is 18.9 Å². The van der Waals surface area contributed by atoms with Crippen molar-refractivity contribution in [1.82, 2.24) is 4.98 Å². The highest BCUT2D eigenvalue weighted by atomic mass is 16.5. The zero-order chi connectivity index (χ0) is 23.0. The molecule has 4 aromatic rings. The Morgan fingerprint density at radius 3 is 1.24 bits per heavy atom. The minimum atomic E-state index is 0.448. The van der Waals surface area contributed by atoms with Crippen LogP contribution in [0.2, 0.25) is 0 Å². The molecule has 0 fully saturated rings. The third-order valence-electron chi connectivity index (χ3n) is 5.58. The van der Waals surface area contributed by atoms with Crippen LogP contribution < -0.4 is 9.47 Å². The molecule has 3 aromatic carbocycles. The third kappa shape index (κ3) is 6.22. The van der Waals surface area contributed by atoms with Gasteiger partial charge in [-0.25, -0.2) is 0 Å². The van der Waals surface area contributed by atoms with Crippen LogP contribution in [-0.4, -0.2) is 4.98 Å². The number of fused-ring (bicyclic) bond motifs is 1. The standard InChI is InChI=1S/C29H27NO4/c1-2-26-20-31-16-22-8-12-28(13-9-22)33-18-24-4-6-25(7-5-24)19-34-29-14-10-23(11-15-29)17-32-21-27(3-1)30-26/h1-15H,16-21H2. The number of aromatic nitrogens is 1. The first-order chi connectivity index (χ1) is 16.8. The zero-order valence-electron chi connectivity index (χ0n) is 19.0. The van der Waals surface area contributed by atoms with E-state index >= 15 is 0 Å². The van der Waals surface area contributed by atoms with Crippen LogP contribution in [0.25, 0.3) is 0 Å². The fourth-order valence-electron chi connectivity index (χ4n) is 3.67. The van der Waals surface area contributed by atoms with Crippen LogP contribution in [-0.2, 0) is 49.1 Å². The van der Waals surface area contributed by atoms with E-state index in [-0.39, 0.29) is 0 Å². The molecular weight excluding hydrogens is 426 g/mol. The Morgan fingerprint density at radius 1 is 0.412 bits per heavy atom. The van der Waals surface area contributed by atoms with Gasteiger partial charge in [-0.1, -0.05) is 54.6 Å². The summed E-state index contributed by atoms with van der Waals surface area (Å²) in [6.45, 7) is 2.96. The summed E-state index contributed by atoms with van der Waals surface area (Å²) in [5, 5.41) is 0. The Balaban J connectivity index is 1.30. The van der Waals surface area contributed by atoms with Crippen molar-refractivity contribution >= 4 is 0 Å². The molecule has 0 atom stereocenters. The molecule has 0 saturated carbocycles. The molecular formula is C29H27NO4. The van der Waals surface area contributed by atoms with Gasteiger partial charge in [0, 0.05) is 0 Å². The van der Waals surface area contributed by atoms with Crippen molar-refractivity contribution in [3.63, 3.8) is 0 Å². The average molecular weight is 454 g/mol. The third-order valence-corrected chi connectivity index (χ3v) is 5.58. The van der Waals surface area contributed by atoms with Gasteiger partial charge in [-0.05, 0) is 58.7 Å². The minimum absolute atomic E-state index is 0.448. The first-order valence-corrected chi connectivity index (χ1v) is 11.4. The molecule has 5 nitrogen and oxygen atoms in total. The molecule has 172 valence electrons. The van der Waals surface area contributed by atoms with E-state index in [1.807, 2.05) is 66.7 Å². The number of benzene rings is 3. The van der Waals surface area contributed by atoms with E-state index in [0.717, 1.165) is 45.1 Å². The number of ether oxygens (including phenoxy) is 4. The topological polar surface area (TPSA) is 49.8 Å². The molecule has 0 aliphatic carbocycles. The second kappa shape index (κ2) is 11.0. The predicted molar refractivity (Wildman–Crippen MR) is 129 cm³/mol. The van der Waals surface area contributed by atoms with E-state index in [1.54, 1.807) is 0 Å². The summed E-state index contributed by atoms with van der Waals surface area (Å²) >= 11 is 0. The zero-order valence-corrected chi connectivity index (χ0v) is 19.0. The summed E-state index contributed by atoms with van der Waals surface area (Å²) < 4.78 is 23.6. The molecule has 8 bridgehead atoms. The van der Waals surface area contributed by atoms with E-state index in [9.17, 15) is 0 Å². The molecule has 0 saturated heterocycles. The monoisotopic (exact) mass is 453 g/mol. The van der Waals surface area contributed by atoms with Crippen molar-refractivity contribution in [2.45, 2.75) is 39.6 Å². The lowest BCUT2D eigenvalue weighted by Gasteiger charge is -2.10. The first-order valence-electron chi connectivity index (χ1n) is 11.4. The molecule has 5 aliphatic rings. The Hall–Kier alpha value is -3.67. The van der Waals surface area contributed by atoms with Crippen molar-refractivity contribution < 1.29 is 18.9 Å². The van der Waals surface area contributed by atoms with Crippen LogP contribution in [0, 0.1) is 0 Å². The maximum atomic E-state index is 5.94. The molecule has 0 spiro atoms. The van der Waals surface area contributed by atoms with Crippen molar-refractivity contribution in [3.05, 3.63) is 125 Å². The van der Waals surface area contributed by atoms with Crippen LogP contribution in [0.3, 0.4) is 0 Å². The van der Waals surface area contributed by atoms with Crippen LogP contribution >= 0.6 is 0 Å². The van der Waals surface area contributed by atoms with Gasteiger partial charge in [0.15, 0.2) is 0 Å². The van der Waals surface area contributed by atoms with Gasteiger partial charge in [-0.15, -0.1) is 0 Å². The Kier molecular flexibility index (Phi) is 7.14. The highest BCUT2D eigenvalue weighted by Crippen LogP contribution is 2.18. The summed E-state index contributed by atoms with van der Waals surface area (Å²) in [5.74, 6) is 1.67. The molecule has 6 heterocycles. The van der Waals surface area contributed by atoms with Crippen LogP contribution in [0.5, 0.6) is 11.5 Å². The predicted octanol–water partition coefficient (Wildman–Crippen LogP) is 5.99. The van der Waals surface area contributed by atoms with Crippen molar-refractivity contribution in [1.29, 1.82) is 0 Å². The molecule has 5 aliphatic heterocycles. The van der Waals surface area contributed by atoms with E-state index in [2.05, 4.69) is 29.2 Å². The van der Waals surface area contributed by atoms with Crippen molar-refractivity contribution in [2.24, 2.45) is 0 Å². The van der Waals surface area contributed by atoms with Crippen LogP contribution in [0.15, 0.2) is 91.0 Å². The number of hydrogen-bond donors (Lipinski definition) is 0. The van der Waals surface area contributed by atoms with E-state index < -0.39 is 0 Å². The van der Waals surface area contributed by atoms with Gasteiger partial charge in [0.25, 0.3) is 0 Å². The van der Waals surface area contributed by atoms with Gasteiger partial charge >= 0.3 is 0 Å². The van der Waals surface area contributed by atoms with Gasteiger partial charge in [-0.3, -0.25) is 4.98 Å². The normalized spacial score (nSPS) is 14.6. The molecule has 9 rings (SSSR count). The van der Waals surface area contributed by atoms with E-state index in [0.29, 0.717) is 39.6 Å². The van der Waals surface area contributed by atoms with Gasteiger partial charge in [0.2, 0.25) is 0 Å². The summed E-state index contributed by atoms with van der Waals surface area (Å²) in [5.41, 5.74) is 6.18. The van der Waals surface area contributed by atoms with Gasteiger partial charge < -0.3 is 18.9 Å². The number of hydrogen-bond acceptors (Lipinski definition) is 5. The SMILES string of the molecule is c1cc2nc(c1)COCc1ccc(cc1)OCc1ccc(cc1)COc1ccc(cc1)COC2. The quantitative estimate of drug-likeness (QED) is 0.327. The summed E-state index contributed by atoms with van der Waals surface area (Å²) in [6.07, 6.45) is 0. The molecule has 0 unspecified atom stereocenters. The Bertz CT molecular complexity index is 1100. The number of rotatable bonds is 0. The molecule has 0 amide bonds. The summed E-state index contributed by atoms with van der Waals surface area (Å²) in [4.78, 5) is 4.65. The maximum absolute atomic E-state index is 5.94. The van der Waals surface area contributed by atoms with Crippen LogP contribution in [0.1, 0.15) is 33.6 Å². The van der Waals surface area contributed by atoms with Crippen LogP contribution in [0.4, 0.5) is 0 Å². The van der Waals surface area contributed by atoms with Gasteiger partial charge in [-0.2, -0.15) is 0 Å². The second-order valence-electron chi connectivity index (χ2n) is 8.29. The smallest absolute Gasteiger partial charge is 0.119 e. The average Bonchev–Trinajstić information content (AvgIpc) is 2.88. The molecule has 0 radical (unpaired) electrons. The molecule has 0 N–H and O–H groups in total. The Labute approximate surface area is 199 Å². The lowest BCUT2D eigenvalue weighted by molar-refractivity contribution is 0.0980. The fourth-order valence-corrected chi connectivity index (χ4v) is 3.67. The van der Waals surface area contributed by atoms with Crippen molar-refractivity contribution in [2.75, 3.05) is 0 Å². The highest BCUT2D eigenvalue weighted by molar-refractivity contribution is 5.29. The fraction of sp³-hybridized carbons (Fsp3) is 0.207. The van der Waals surface area contributed by atoms with Gasteiger partial charge in [0.05, 0.1) is 37.8 Å². The summed E-state index contributed by atoms with van der Waals surface area (Å²) in [6, 6.07) is 30.2. The first kappa shape index (κ1) is 22.1.